The minimum absolute atomic E-state index is 0.178. The highest BCUT2D eigenvalue weighted by molar-refractivity contribution is 8.33. The zero-order valence-electron chi connectivity index (χ0n) is 29.9. The molecule has 0 heterocycles. The van der Waals surface area contributed by atoms with Crippen molar-refractivity contribution in [3.63, 3.8) is 0 Å². The Morgan fingerprint density at radius 2 is 0.729 bits per heavy atom. The number of benzene rings is 4. The van der Waals surface area contributed by atoms with E-state index in [4.69, 9.17) is 3.63 Å². The number of hydrogen-bond donors (Lipinski definition) is 0. The van der Waals surface area contributed by atoms with Crippen LogP contribution in [0, 0.1) is 6.92 Å². The fourth-order valence-electron chi connectivity index (χ4n) is 6.22. The molecule has 48 heavy (non-hydrogen) atoms. The first-order chi connectivity index (χ1) is 23.3. The van der Waals surface area contributed by atoms with Crippen LogP contribution in [-0.2, 0) is 33.0 Å². The van der Waals surface area contributed by atoms with Gasteiger partial charge in [-0.15, -0.1) is 0 Å². The molecule has 3 nitrogen and oxygen atoms in total. The first-order valence-electron chi connectivity index (χ1n) is 18.5. The summed E-state index contributed by atoms with van der Waals surface area (Å²) in [7, 11) is -6.81. The molecule has 0 aliphatic rings. The minimum Gasteiger partial charge on any atom is -0.203 e. The Kier molecular flexibility index (Phi) is 15.3. The van der Waals surface area contributed by atoms with Crippen molar-refractivity contribution in [1.82, 2.24) is 0 Å². The van der Waals surface area contributed by atoms with E-state index < -0.39 is 20.4 Å². The van der Waals surface area contributed by atoms with E-state index >= 15 is 0 Å². The molecule has 0 aliphatic heterocycles. The van der Waals surface area contributed by atoms with Gasteiger partial charge in [-0.2, -0.15) is 8.42 Å². The van der Waals surface area contributed by atoms with Crippen LogP contribution in [0.4, 0.5) is 0 Å². The van der Waals surface area contributed by atoms with Crippen molar-refractivity contribution in [2.24, 2.45) is 0 Å². The maximum atomic E-state index is 14.3. The van der Waals surface area contributed by atoms with Crippen LogP contribution in [-0.4, -0.2) is 8.42 Å². The van der Waals surface area contributed by atoms with Crippen molar-refractivity contribution in [3.8, 4) is 0 Å². The molecule has 0 amide bonds. The topological polar surface area (TPSA) is 43.4 Å². The van der Waals surface area contributed by atoms with Crippen molar-refractivity contribution in [1.29, 1.82) is 0 Å². The zero-order valence-corrected chi connectivity index (χ0v) is 31.5. The van der Waals surface area contributed by atoms with Gasteiger partial charge in [0.2, 0.25) is 0 Å². The molecule has 4 aromatic carbocycles. The van der Waals surface area contributed by atoms with Gasteiger partial charge in [-0.05, 0) is 121 Å². The summed E-state index contributed by atoms with van der Waals surface area (Å²) in [6.45, 7) is 8.67. The summed E-state index contributed by atoms with van der Waals surface area (Å²) in [5, 5.41) is 0. The third-order valence-corrected chi connectivity index (χ3v) is 14.4. The van der Waals surface area contributed by atoms with Gasteiger partial charge in [0, 0.05) is 14.7 Å². The molecule has 0 saturated carbocycles. The highest BCUT2D eigenvalue weighted by Crippen LogP contribution is 2.70. The lowest BCUT2D eigenvalue weighted by molar-refractivity contribution is 0.508. The van der Waals surface area contributed by atoms with Crippen LogP contribution in [0.25, 0.3) is 0 Å². The summed E-state index contributed by atoms with van der Waals surface area (Å²) < 4.78 is 35.3. The van der Waals surface area contributed by atoms with E-state index in [1.807, 2.05) is 19.1 Å². The molecular weight excluding hydrogens is 629 g/mol. The predicted molar refractivity (Wildman–Crippen MR) is 205 cm³/mol. The monoisotopic (exact) mass is 686 g/mol. The van der Waals surface area contributed by atoms with Crippen LogP contribution in [0.2, 0.25) is 0 Å². The van der Waals surface area contributed by atoms with Crippen molar-refractivity contribution < 1.29 is 12.0 Å². The highest BCUT2D eigenvalue weighted by Gasteiger charge is 2.38. The summed E-state index contributed by atoms with van der Waals surface area (Å²) >= 11 is 0. The first-order valence-corrected chi connectivity index (χ1v) is 21.4. The first kappa shape index (κ1) is 38.0. The lowest BCUT2D eigenvalue weighted by atomic mass is 10.1. The Morgan fingerprint density at radius 1 is 0.417 bits per heavy atom. The SMILES string of the molecule is CCCCCCc1ccc(S(OS(=O)(=O)c2ccc(C)cc2)(c2ccc(CCCCCC)cc2)c2ccc(CCCCCC)cc2)cc1. The lowest BCUT2D eigenvalue weighted by Gasteiger charge is -2.39. The largest absolute Gasteiger partial charge is 0.307 e. The molecule has 0 N–H and O–H groups in total. The maximum absolute atomic E-state index is 14.3. The van der Waals surface area contributed by atoms with E-state index in [2.05, 4.69) is 93.6 Å². The van der Waals surface area contributed by atoms with Gasteiger partial charge >= 0.3 is 10.1 Å². The summed E-state index contributed by atoms with van der Waals surface area (Å²) in [5.41, 5.74) is 4.82. The van der Waals surface area contributed by atoms with E-state index in [9.17, 15) is 8.42 Å². The quantitative estimate of drug-likeness (QED) is 0.0819. The molecule has 5 heteroatoms. The van der Waals surface area contributed by atoms with Gasteiger partial charge in [0.05, 0.1) is 4.90 Å². The molecule has 0 atom stereocenters. The fraction of sp³-hybridized carbons (Fsp3) is 0.442. The van der Waals surface area contributed by atoms with E-state index in [0.717, 1.165) is 58.8 Å². The summed E-state index contributed by atoms with van der Waals surface area (Å²) in [6.07, 6.45) is 17.6. The molecular formula is C43H58O3S2. The van der Waals surface area contributed by atoms with Gasteiger partial charge in [-0.3, -0.25) is 0 Å². The van der Waals surface area contributed by atoms with Crippen LogP contribution in [0.1, 0.15) is 120 Å². The predicted octanol–water partition coefficient (Wildman–Crippen LogP) is 13.0. The summed E-state index contributed by atoms with van der Waals surface area (Å²) in [5.74, 6) is 0. The molecule has 0 unspecified atom stereocenters. The average Bonchev–Trinajstić information content (AvgIpc) is 3.10. The van der Waals surface area contributed by atoms with Gasteiger partial charge in [0.1, 0.15) is 0 Å². The number of hydrogen-bond acceptors (Lipinski definition) is 3. The average molecular weight is 687 g/mol. The van der Waals surface area contributed by atoms with Crippen molar-refractivity contribution >= 4 is 20.4 Å². The van der Waals surface area contributed by atoms with Gasteiger partial charge in [0.15, 0.2) is 0 Å². The molecule has 0 aromatic heterocycles. The molecule has 0 bridgehead atoms. The molecule has 0 fully saturated rings. The third-order valence-electron chi connectivity index (χ3n) is 9.22. The second-order valence-electron chi connectivity index (χ2n) is 13.3. The Balaban J connectivity index is 1.82. The molecule has 0 radical (unpaired) electrons. The Hall–Kier alpha value is -2.86. The lowest BCUT2D eigenvalue weighted by Crippen LogP contribution is -2.15. The Morgan fingerprint density at radius 3 is 1.04 bits per heavy atom. The van der Waals surface area contributed by atoms with Crippen LogP contribution in [0.5, 0.6) is 0 Å². The van der Waals surface area contributed by atoms with Gasteiger partial charge in [0.25, 0.3) is 0 Å². The van der Waals surface area contributed by atoms with Crippen molar-refractivity contribution in [2.45, 2.75) is 144 Å². The number of rotatable bonds is 21. The van der Waals surface area contributed by atoms with Crippen molar-refractivity contribution in [3.05, 3.63) is 119 Å². The van der Waals surface area contributed by atoms with Gasteiger partial charge in [-0.25, -0.2) is 3.63 Å². The summed E-state index contributed by atoms with van der Waals surface area (Å²) in [6, 6.07) is 32.7. The van der Waals surface area contributed by atoms with Crippen LogP contribution < -0.4 is 0 Å². The molecule has 260 valence electrons. The second-order valence-corrected chi connectivity index (χ2v) is 17.7. The zero-order chi connectivity index (χ0) is 34.2. The molecule has 0 aliphatic carbocycles. The maximum Gasteiger partial charge on any atom is 0.307 e. The molecule has 0 spiro atoms. The normalized spacial score (nSPS) is 12.3. The third kappa shape index (κ3) is 10.6. The fourth-order valence-corrected chi connectivity index (χ4v) is 11.4. The summed E-state index contributed by atoms with van der Waals surface area (Å²) in [4.78, 5) is 2.85. The van der Waals surface area contributed by atoms with E-state index in [1.54, 1.807) is 12.1 Å². The van der Waals surface area contributed by atoms with Gasteiger partial charge < -0.3 is 0 Å². The van der Waals surface area contributed by atoms with E-state index in [-0.39, 0.29) is 4.90 Å². The Labute approximate surface area is 294 Å². The smallest absolute Gasteiger partial charge is 0.203 e. The van der Waals surface area contributed by atoms with E-state index in [0.29, 0.717) is 0 Å². The number of unbranched alkanes of at least 4 members (excludes halogenated alkanes) is 9. The standard InChI is InChI=1S/C43H58O3S2/c1-5-8-11-14-17-37-22-30-40(31-23-37)47(46-48(44,45)43-28-20-36(4)21-29-43,41-32-24-38(25-33-41)18-15-12-9-6-2)42-34-26-39(27-35-42)19-16-13-10-7-3/h20-35H,5-19H2,1-4H3. The van der Waals surface area contributed by atoms with Crippen molar-refractivity contribution in [2.75, 3.05) is 0 Å². The second kappa shape index (κ2) is 19.4. The van der Waals surface area contributed by atoms with Crippen LogP contribution in [0.15, 0.2) is 117 Å². The molecule has 0 saturated heterocycles. The Bertz CT molecular complexity index is 1460. The van der Waals surface area contributed by atoms with Gasteiger partial charge in [-0.1, -0.05) is 133 Å². The highest BCUT2D eigenvalue weighted by atomic mass is 32.3. The minimum atomic E-state index is -4.13. The molecule has 4 aromatic rings. The molecule has 4 rings (SSSR count). The van der Waals surface area contributed by atoms with Crippen LogP contribution in [0.3, 0.4) is 0 Å². The van der Waals surface area contributed by atoms with Crippen LogP contribution >= 0.6 is 10.3 Å². The van der Waals surface area contributed by atoms with E-state index in [1.165, 1.54) is 74.5 Å². The number of aryl methyl sites for hydroxylation is 4.